The van der Waals surface area contributed by atoms with Crippen molar-refractivity contribution in [3.8, 4) is 0 Å². The van der Waals surface area contributed by atoms with Crippen LogP contribution >= 0.6 is 0 Å². The van der Waals surface area contributed by atoms with Gasteiger partial charge in [0.1, 0.15) is 6.79 Å². The summed E-state index contributed by atoms with van der Waals surface area (Å²) in [7, 11) is 1.61. The van der Waals surface area contributed by atoms with Crippen LogP contribution in [0.15, 0.2) is 40.6 Å². The zero-order chi connectivity index (χ0) is 14.4. The number of nitrogens with zero attached hydrogens (tertiary/aromatic N) is 1. The van der Waals surface area contributed by atoms with Crippen LogP contribution in [0.5, 0.6) is 0 Å². The summed E-state index contributed by atoms with van der Waals surface area (Å²) in [4.78, 5) is 15.5. The van der Waals surface area contributed by atoms with Crippen molar-refractivity contribution in [3.63, 3.8) is 0 Å². The van der Waals surface area contributed by atoms with Gasteiger partial charge in [0, 0.05) is 25.6 Å². The van der Waals surface area contributed by atoms with Gasteiger partial charge in [-0.15, -0.1) is 0 Å². The first-order valence-electron chi connectivity index (χ1n) is 6.65. The molecule has 0 bridgehead atoms. The summed E-state index contributed by atoms with van der Waals surface area (Å²) in [5.41, 5.74) is 3.17. The fourth-order valence-corrected chi connectivity index (χ4v) is 2.18. The Morgan fingerprint density at radius 2 is 2.35 bits per heavy atom. The number of amides is 1. The number of allylic oxidation sites excluding steroid dienone is 3. The normalized spacial score (nSPS) is 20.7. The molecule has 0 radical (unpaired) electrons. The average molecular weight is 276 g/mol. The fraction of sp³-hybridized carbons (Fsp3) is 0.467. The smallest absolute Gasteiger partial charge is 0.217 e. The third-order valence-electron chi connectivity index (χ3n) is 3.15. The molecular weight excluding hydrogens is 256 g/mol. The standard InChI is InChI=1S/C15H20N2O3/c1-11(18)16-8-14-5-4-13-7-12(9-20-10-19-2)3-6-15(13)17-14/h3-6,13H,7-10H2,1-2H3,(H,16,18). The van der Waals surface area contributed by atoms with Crippen LogP contribution in [0.1, 0.15) is 13.3 Å². The van der Waals surface area contributed by atoms with Crippen molar-refractivity contribution in [2.45, 2.75) is 13.3 Å². The van der Waals surface area contributed by atoms with Crippen LogP contribution in [0.4, 0.5) is 0 Å². The van der Waals surface area contributed by atoms with E-state index in [4.69, 9.17) is 9.47 Å². The Kier molecular flexibility index (Phi) is 5.26. The summed E-state index contributed by atoms with van der Waals surface area (Å²) in [5.74, 6) is 0.264. The Bertz CT molecular complexity index is 489. The van der Waals surface area contributed by atoms with Gasteiger partial charge in [0.25, 0.3) is 0 Å². The molecule has 0 spiro atoms. The van der Waals surface area contributed by atoms with Crippen molar-refractivity contribution in [1.29, 1.82) is 0 Å². The van der Waals surface area contributed by atoms with Gasteiger partial charge >= 0.3 is 0 Å². The van der Waals surface area contributed by atoms with E-state index in [9.17, 15) is 4.79 Å². The molecule has 5 heteroatoms. The monoisotopic (exact) mass is 276 g/mol. The van der Waals surface area contributed by atoms with Crippen molar-refractivity contribution < 1.29 is 14.3 Å². The van der Waals surface area contributed by atoms with E-state index >= 15 is 0 Å². The third kappa shape index (κ3) is 4.15. The molecule has 1 atom stereocenters. The lowest BCUT2D eigenvalue weighted by atomic mass is 9.89. The van der Waals surface area contributed by atoms with Gasteiger partial charge < -0.3 is 14.8 Å². The number of dihydropyridines is 1. The van der Waals surface area contributed by atoms with Crippen molar-refractivity contribution in [3.05, 3.63) is 35.6 Å². The Hall–Kier alpha value is -1.72. The number of carbonyl (C=O) groups is 1. The second kappa shape index (κ2) is 7.17. The zero-order valence-electron chi connectivity index (χ0n) is 11.9. The van der Waals surface area contributed by atoms with E-state index in [-0.39, 0.29) is 5.91 Å². The zero-order valence-corrected chi connectivity index (χ0v) is 11.9. The van der Waals surface area contributed by atoms with Gasteiger partial charge in [-0.1, -0.05) is 12.2 Å². The molecule has 1 aliphatic heterocycles. The van der Waals surface area contributed by atoms with E-state index in [0.29, 0.717) is 25.9 Å². The Morgan fingerprint density at radius 3 is 3.10 bits per heavy atom. The molecule has 1 unspecified atom stereocenters. The van der Waals surface area contributed by atoms with Crippen LogP contribution in [-0.4, -0.2) is 38.7 Å². The lowest BCUT2D eigenvalue weighted by Gasteiger charge is -2.23. The van der Waals surface area contributed by atoms with Crippen LogP contribution in [0.25, 0.3) is 0 Å². The molecule has 108 valence electrons. The molecule has 1 N–H and O–H groups in total. The highest BCUT2D eigenvalue weighted by molar-refractivity contribution is 5.99. The first-order chi connectivity index (χ1) is 9.69. The second-order valence-electron chi connectivity index (χ2n) is 4.85. The molecule has 0 aromatic heterocycles. The highest BCUT2D eigenvalue weighted by atomic mass is 16.7. The van der Waals surface area contributed by atoms with Gasteiger partial charge in [-0.25, -0.2) is 0 Å². The number of nitrogens with one attached hydrogen (secondary N) is 1. The van der Waals surface area contributed by atoms with Crippen LogP contribution in [0, 0.1) is 5.92 Å². The highest BCUT2D eigenvalue weighted by Gasteiger charge is 2.20. The van der Waals surface area contributed by atoms with Gasteiger partial charge in [0.05, 0.1) is 18.9 Å². The number of carbonyl (C=O) groups excluding carboxylic acids is 1. The van der Waals surface area contributed by atoms with Gasteiger partial charge in [-0.05, 0) is 24.1 Å². The number of hydrogen-bond acceptors (Lipinski definition) is 4. The molecule has 1 heterocycles. The Morgan fingerprint density at radius 1 is 1.50 bits per heavy atom. The molecule has 1 aliphatic carbocycles. The number of aliphatic imine (C=N–C) groups is 1. The Labute approximate surface area is 119 Å². The summed E-state index contributed by atoms with van der Waals surface area (Å²) in [6.45, 7) is 2.88. The molecule has 1 amide bonds. The maximum Gasteiger partial charge on any atom is 0.217 e. The summed E-state index contributed by atoms with van der Waals surface area (Å²) >= 11 is 0. The van der Waals surface area contributed by atoms with Crippen LogP contribution in [0.3, 0.4) is 0 Å². The van der Waals surface area contributed by atoms with E-state index in [1.165, 1.54) is 12.5 Å². The molecule has 0 fully saturated rings. The molecular formula is C15H20N2O3. The lowest BCUT2D eigenvalue weighted by Crippen LogP contribution is -2.28. The number of hydrogen-bond donors (Lipinski definition) is 1. The first-order valence-corrected chi connectivity index (χ1v) is 6.65. The number of fused-ring (bicyclic) bond motifs is 1. The maximum absolute atomic E-state index is 10.9. The molecule has 20 heavy (non-hydrogen) atoms. The maximum atomic E-state index is 10.9. The van der Waals surface area contributed by atoms with Crippen molar-refractivity contribution in [2.24, 2.45) is 10.9 Å². The molecule has 0 aromatic carbocycles. The molecule has 5 nitrogen and oxygen atoms in total. The molecule has 2 aliphatic rings. The quantitative estimate of drug-likeness (QED) is 0.592. The van der Waals surface area contributed by atoms with E-state index < -0.39 is 0 Å². The van der Waals surface area contributed by atoms with E-state index in [2.05, 4.69) is 22.5 Å². The average Bonchev–Trinajstić information content (AvgIpc) is 2.45. The molecule has 0 aromatic rings. The number of methoxy groups -OCH3 is 1. The van der Waals surface area contributed by atoms with Gasteiger partial charge in [0.15, 0.2) is 0 Å². The second-order valence-corrected chi connectivity index (χ2v) is 4.85. The summed E-state index contributed by atoms with van der Waals surface area (Å²) in [6.07, 6.45) is 9.12. The summed E-state index contributed by atoms with van der Waals surface area (Å²) in [6, 6.07) is 0. The fourth-order valence-electron chi connectivity index (χ4n) is 2.18. The SMILES string of the molecule is COCOCC1=CC=C2N=C(CNC(C)=O)C=CC2C1. The van der Waals surface area contributed by atoms with Crippen LogP contribution in [0.2, 0.25) is 0 Å². The topological polar surface area (TPSA) is 59.9 Å². The minimum Gasteiger partial charge on any atom is -0.359 e. The van der Waals surface area contributed by atoms with Crippen LogP contribution < -0.4 is 5.32 Å². The Balaban J connectivity index is 1.95. The summed E-state index contributed by atoms with van der Waals surface area (Å²) in [5, 5.41) is 2.76. The number of ether oxygens (including phenoxy) is 2. The van der Waals surface area contributed by atoms with E-state index in [0.717, 1.165) is 17.8 Å². The predicted octanol–water partition coefficient (Wildman–Crippen LogP) is 1.58. The minimum atomic E-state index is -0.0432. The predicted molar refractivity (Wildman–Crippen MR) is 77.4 cm³/mol. The molecule has 0 saturated heterocycles. The van der Waals surface area contributed by atoms with Crippen molar-refractivity contribution in [1.82, 2.24) is 5.32 Å². The van der Waals surface area contributed by atoms with Gasteiger partial charge in [-0.2, -0.15) is 0 Å². The van der Waals surface area contributed by atoms with Crippen LogP contribution in [-0.2, 0) is 14.3 Å². The first kappa shape index (κ1) is 14.7. The highest BCUT2D eigenvalue weighted by Crippen LogP contribution is 2.29. The summed E-state index contributed by atoms with van der Waals surface area (Å²) < 4.78 is 10.2. The van der Waals surface area contributed by atoms with Crippen molar-refractivity contribution in [2.75, 3.05) is 27.1 Å². The molecule has 0 saturated carbocycles. The minimum absolute atomic E-state index is 0.0432. The van der Waals surface area contributed by atoms with Crippen molar-refractivity contribution >= 4 is 11.6 Å². The molecule has 2 rings (SSSR count). The largest absolute Gasteiger partial charge is 0.359 e. The lowest BCUT2D eigenvalue weighted by molar-refractivity contribution is -0.118. The third-order valence-corrected chi connectivity index (χ3v) is 3.15. The van der Waals surface area contributed by atoms with Gasteiger partial charge in [-0.3, -0.25) is 9.79 Å². The number of rotatable bonds is 6. The van der Waals surface area contributed by atoms with E-state index in [1.807, 2.05) is 12.2 Å². The van der Waals surface area contributed by atoms with Gasteiger partial charge in [0.2, 0.25) is 5.91 Å². The van der Waals surface area contributed by atoms with E-state index in [1.54, 1.807) is 7.11 Å².